The second-order valence-electron chi connectivity index (χ2n) is 6.62. The van der Waals surface area contributed by atoms with Gasteiger partial charge in [-0.05, 0) is 19.3 Å². The Labute approximate surface area is 142 Å². The Morgan fingerprint density at radius 1 is 0.870 bits per heavy atom. The molecule has 4 nitrogen and oxygen atoms in total. The largest absolute Gasteiger partial charge is 0.464 e. The minimum absolute atomic E-state index is 0.0419. The molecule has 0 fully saturated rings. The maximum Gasteiger partial charge on any atom is 0.328 e. The molecule has 0 saturated heterocycles. The van der Waals surface area contributed by atoms with Gasteiger partial charge in [-0.2, -0.15) is 0 Å². The van der Waals surface area contributed by atoms with Gasteiger partial charge in [-0.15, -0.1) is 0 Å². The van der Waals surface area contributed by atoms with Gasteiger partial charge in [0.2, 0.25) is 5.91 Å². The second-order valence-corrected chi connectivity index (χ2v) is 6.62. The molecular weight excluding hydrogens is 290 g/mol. The fraction of sp³-hybridized carbons (Fsp3) is 0.895. The van der Waals surface area contributed by atoms with E-state index in [2.05, 4.69) is 12.2 Å². The predicted octanol–water partition coefficient (Wildman–Crippen LogP) is 4.61. The van der Waals surface area contributed by atoms with Gasteiger partial charge in [0.05, 0.1) is 6.61 Å². The van der Waals surface area contributed by atoms with Crippen LogP contribution in [0.1, 0.15) is 91.9 Å². The number of nitrogens with one attached hydrogen (secondary N) is 1. The molecule has 1 atom stereocenters. The molecular formula is C19H37NO3. The molecule has 0 aromatic heterocycles. The molecule has 0 rings (SSSR count). The summed E-state index contributed by atoms with van der Waals surface area (Å²) in [6, 6.07) is -0.527. The molecule has 0 bridgehead atoms. The summed E-state index contributed by atoms with van der Waals surface area (Å²) in [6.07, 6.45) is 11.6. The van der Waals surface area contributed by atoms with Gasteiger partial charge in [0, 0.05) is 6.42 Å². The van der Waals surface area contributed by atoms with Crippen molar-refractivity contribution in [3.8, 4) is 0 Å². The first kappa shape index (κ1) is 21.9. The van der Waals surface area contributed by atoms with Crippen LogP contribution in [0.2, 0.25) is 0 Å². The number of hydrogen-bond donors (Lipinski definition) is 1. The maximum atomic E-state index is 12.0. The number of esters is 1. The third kappa shape index (κ3) is 12.1. The van der Waals surface area contributed by atoms with E-state index in [1.807, 2.05) is 13.8 Å². The lowest BCUT2D eigenvalue weighted by molar-refractivity contribution is -0.148. The van der Waals surface area contributed by atoms with E-state index in [0.29, 0.717) is 13.0 Å². The zero-order valence-electron chi connectivity index (χ0n) is 15.7. The molecule has 136 valence electrons. The number of amides is 1. The van der Waals surface area contributed by atoms with E-state index in [0.717, 1.165) is 12.8 Å². The van der Waals surface area contributed by atoms with Crippen molar-refractivity contribution in [1.29, 1.82) is 0 Å². The van der Waals surface area contributed by atoms with E-state index in [4.69, 9.17) is 4.74 Å². The Bertz CT molecular complexity index is 316. The first-order valence-corrected chi connectivity index (χ1v) is 9.48. The SMILES string of the molecule is CCCCCCCCCCCC(=O)N[C@H](C(=O)OCC)C(C)C. The van der Waals surface area contributed by atoms with Crippen molar-refractivity contribution in [2.45, 2.75) is 97.9 Å². The number of unbranched alkanes of at least 4 members (excludes halogenated alkanes) is 8. The fourth-order valence-electron chi connectivity index (χ4n) is 2.57. The van der Waals surface area contributed by atoms with Gasteiger partial charge in [-0.1, -0.05) is 72.1 Å². The van der Waals surface area contributed by atoms with Gasteiger partial charge < -0.3 is 10.1 Å². The van der Waals surface area contributed by atoms with Crippen molar-refractivity contribution in [1.82, 2.24) is 5.32 Å². The van der Waals surface area contributed by atoms with Crippen molar-refractivity contribution in [3.05, 3.63) is 0 Å². The predicted molar refractivity (Wildman–Crippen MR) is 95.2 cm³/mol. The summed E-state index contributed by atoms with van der Waals surface area (Å²) in [4.78, 5) is 23.8. The molecule has 1 N–H and O–H groups in total. The average Bonchev–Trinajstić information content (AvgIpc) is 2.50. The van der Waals surface area contributed by atoms with Crippen LogP contribution >= 0.6 is 0 Å². The van der Waals surface area contributed by atoms with Gasteiger partial charge in [0.25, 0.3) is 0 Å². The zero-order chi connectivity index (χ0) is 17.5. The van der Waals surface area contributed by atoms with Crippen molar-refractivity contribution >= 4 is 11.9 Å². The van der Waals surface area contributed by atoms with Crippen LogP contribution in [0.4, 0.5) is 0 Å². The molecule has 0 aliphatic rings. The molecule has 4 heteroatoms. The van der Waals surface area contributed by atoms with Crippen molar-refractivity contribution in [3.63, 3.8) is 0 Å². The van der Waals surface area contributed by atoms with Crippen LogP contribution in [0, 0.1) is 5.92 Å². The quantitative estimate of drug-likeness (QED) is 0.374. The number of ether oxygens (including phenoxy) is 1. The number of carbonyl (C=O) groups excluding carboxylic acids is 2. The Kier molecular flexibility index (Phi) is 13.9. The lowest BCUT2D eigenvalue weighted by Crippen LogP contribution is -2.45. The number of rotatable bonds is 14. The van der Waals surface area contributed by atoms with Crippen molar-refractivity contribution in [2.75, 3.05) is 6.61 Å². The van der Waals surface area contributed by atoms with Crippen LogP contribution in [0.5, 0.6) is 0 Å². The lowest BCUT2D eigenvalue weighted by Gasteiger charge is -2.20. The maximum absolute atomic E-state index is 12.0. The third-order valence-electron chi connectivity index (χ3n) is 4.03. The summed E-state index contributed by atoms with van der Waals surface area (Å²) in [7, 11) is 0. The highest BCUT2D eigenvalue weighted by molar-refractivity contribution is 5.84. The van der Waals surface area contributed by atoms with E-state index in [-0.39, 0.29) is 17.8 Å². The molecule has 0 radical (unpaired) electrons. The van der Waals surface area contributed by atoms with Crippen LogP contribution < -0.4 is 5.32 Å². The summed E-state index contributed by atoms with van der Waals surface area (Å²) >= 11 is 0. The molecule has 0 heterocycles. The standard InChI is InChI=1S/C19H37NO3/c1-5-7-8-9-10-11-12-13-14-15-17(21)20-18(16(3)4)19(22)23-6-2/h16,18H,5-15H2,1-4H3,(H,20,21)/t18-/m0/s1. The molecule has 0 saturated carbocycles. The zero-order valence-corrected chi connectivity index (χ0v) is 15.7. The van der Waals surface area contributed by atoms with Gasteiger partial charge in [-0.25, -0.2) is 4.79 Å². The van der Waals surface area contributed by atoms with Gasteiger partial charge in [0.1, 0.15) is 6.04 Å². The minimum Gasteiger partial charge on any atom is -0.464 e. The Morgan fingerprint density at radius 3 is 1.87 bits per heavy atom. The fourth-order valence-corrected chi connectivity index (χ4v) is 2.57. The molecule has 0 aromatic rings. The lowest BCUT2D eigenvalue weighted by atomic mass is 10.0. The Morgan fingerprint density at radius 2 is 1.39 bits per heavy atom. The number of hydrogen-bond acceptors (Lipinski definition) is 3. The normalized spacial score (nSPS) is 12.2. The van der Waals surface area contributed by atoms with E-state index < -0.39 is 6.04 Å². The van der Waals surface area contributed by atoms with Gasteiger partial charge >= 0.3 is 5.97 Å². The molecule has 0 spiro atoms. The molecule has 0 aromatic carbocycles. The topological polar surface area (TPSA) is 55.4 Å². The van der Waals surface area contributed by atoms with Crippen LogP contribution in [-0.4, -0.2) is 24.5 Å². The number of carbonyl (C=O) groups is 2. The molecule has 1 amide bonds. The summed E-state index contributed by atoms with van der Waals surface area (Å²) in [5, 5.41) is 2.81. The van der Waals surface area contributed by atoms with Gasteiger partial charge in [-0.3, -0.25) is 4.79 Å². The average molecular weight is 328 g/mol. The third-order valence-corrected chi connectivity index (χ3v) is 4.03. The highest BCUT2D eigenvalue weighted by atomic mass is 16.5. The second kappa shape index (κ2) is 14.5. The first-order chi connectivity index (χ1) is 11.0. The monoisotopic (exact) mass is 327 g/mol. The van der Waals surface area contributed by atoms with Crippen molar-refractivity contribution in [2.24, 2.45) is 5.92 Å². The van der Waals surface area contributed by atoms with Crippen molar-refractivity contribution < 1.29 is 14.3 Å². The van der Waals surface area contributed by atoms with E-state index in [1.165, 1.54) is 44.9 Å². The Balaban J connectivity index is 3.74. The van der Waals surface area contributed by atoms with Gasteiger partial charge in [0.15, 0.2) is 0 Å². The highest BCUT2D eigenvalue weighted by Crippen LogP contribution is 2.11. The summed E-state index contributed by atoms with van der Waals surface area (Å²) in [5.74, 6) is -0.330. The molecule has 0 unspecified atom stereocenters. The van der Waals surface area contributed by atoms with E-state index in [1.54, 1.807) is 6.92 Å². The highest BCUT2D eigenvalue weighted by Gasteiger charge is 2.24. The van der Waals surface area contributed by atoms with E-state index >= 15 is 0 Å². The Hall–Kier alpha value is -1.06. The first-order valence-electron chi connectivity index (χ1n) is 9.48. The summed E-state index contributed by atoms with van der Waals surface area (Å²) in [5.41, 5.74) is 0. The van der Waals surface area contributed by atoms with Crippen LogP contribution in [-0.2, 0) is 14.3 Å². The van der Waals surface area contributed by atoms with Crippen LogP contribution in [0.15, 0.2) is 0 Å². The van der Waals surface area contributed by atoms with Crippen LogP contribution in [0.25, 0.3) is 0 Å². The minimum atomic E-state index is -0.527. The summed E-state index contributed by atoms with van der Waals surface area (Å²) in [6.45, 7) is 8.19. The molecule has 0 aliphatic carbocycles. The molecule has 0 aliphatic heterocycles. The van der Waals surface area contributed by atoms with E-state index in [9.17, 15) is 9.59 Å². The smallest absolute Gasteiger partial charge is 0.328 e. The summed E-state index contributed by atoms with van der Waals surface area (Å²) < 4.78 is 5.01. The molecule has 23 heavy (non-hydrogen) atoms. The van der Waals surface area contributed by atoms with Crippen LogP contribution in [0.3, 0.4) is 0 Å².